The summed E-state index contributed by atoms with van der Waals surface area (Å²) in [6.45, 7) is 7.46. The second kappa shape index (κ2) is 4.99. The van der Waals surface area contributed by atoms with Gasteiger partial charge in [0.25, 0.3) is 0 Å². The second-order valence-electron chi connectivity index (χ2n) is 5.19. The molecule has 1 aromatic rings. The van der Waals surface area contributed by atoms with E-state index in [9.17, 15) is 8.42 Å². The first-order valence-electron chi connectivity index (χ1n) is 6.25. The molecule has 1 aliphatic rings. The van der Waals surface area contributed by atoms with E-state index in [2.05, 4.69) is 10.0 Å². The van der Waals surface area contributed by atoms with Crippen LogP contribution in [-0.4, -0.2) is 14.5 Å². The van der Waals surface area contributed by atoms with E-state index in [1.54, 1.807) is 12.1 Å². The van der Waals surface area contributed by atoms with Gasteiger partial charge in [0.2, 0.25) is 10.0 Å². The number of hydrogen-bond acceptors (Lipinski definition) is 3. The fourth-order valence-electron chi connectivity index (χ4n) is 1.89. The van der Waals surface area contributed by atoms with Crippen molar-refractivity contribution in [3.05, 3.63) is 29.3 Å². The van der Waals surface area contributed by atoms with Gasteiger partial charge in [0.1, 0.15) is 0 Å². The highest BCUT2D eigenvalue weighted by Crippen LogP contribution is 2.20. The maximum atomic E-state index is 12.2. The molecule has 0 fully saturated rings. The third-order valence-corrected chi connectivity index (χ3v) is 5.02. The number of benzene rings is 1. The van der Waals surface area contributed by atoms with Gasteiger partial charge in [-0.15, -0.1) is 0 Å². The van der Waals surface area contributed by atoms with Crippen molar-refractivity contribution in [3.8, 4) is 0 Å². The van der Waals surface area contributed by atoms with Crippen molar-refractivity contribution in [2.75, 3.05) is 0 Å². The molecular formula is C13H20N2O2S. The molecule has 100 valence electrons. The molecule has 4 nitrogen and oxygen atoms in total. The highest BCUT2D eigenvalue weighted by Gasteiger charge is 2.21. The molecule has 5 heteroatoms. The predicted octanol–water partition coefficient (Wildman–Crippen LogP) is 1.61. The maximum absolute atomic E-state index is 12.2. The Hall–Kier alpha value is -0.910. The first-order chi connectivity index (χ1) is 8.40. The molecule has 0 saturated carbocycles. The topological polar surface area (TPSA) is 58.2 Å². The quantitative estimate of drug-likeness (QED) is 0.872. The molecule has 0 spiro atoms. The third kappa shape index (κ3) is 2.74. The summed E-state index contributed by atoms with van der Waals surface area (Å²) < 4.78 is 27.1. The van der Waals surface area contributed by atoms with E-state index in [0.717, 1.165) is 18.7 Å². The summed E-state index contributed by atoms with van der Waals surface area (Å²) in [4.78, 5) is 0.359. The Morgan fingerprint density at radius 3 is 2.50 bits per heavy atom. The van der Waals surface area contributed by atoms with Crippen LogP contribution in [0, 0.1) is 5.92 Å². The van der Waals surface area contributed by atoms with E-state index in [1.807, 2.05) is 26.8 Å². The number of rotatable bonds is 4. The minimum absolute atomic E-state index is 0.0682. The zero-order valence-corrected chi connectivity index (χ0v) is 11.8. The van der Waals surface area contributed by atoms with Crippen LogP contribution in [0.3, 0.4) is 0 Å². The summed E-state index contributed by atoms with van der Waals surface area (Å²) in [6.07, 6.45) is 0. The van der Waals surface area contributed by atoms with Crippen molar-refractivity contribution in [3.63, 3.8) is 0 Å². The lowest BCUT2D eigenvalue weighted by Gasteiger charge is -2.17. The Kier molecular flexibility index (Phi) is 3.75. The van der Waals surface area contributed by atoms with E-state index in [1.165, 1.54) is 5.56 Å². The van der Waals surface area contributed by atoms with E-state index >= 15 is 0 Å². The monoisotopic (exact) mass is 268 g/mol. The second-order valence-corrected chi connectivity index (χ2v) is 6.90. The maximum Gasteiger partial charge on any atom is 0.240 e. The summed E-state index contributed by atoms with van der Waals surface area (Å²) >= 11 is 0. The first kappa shape index (κ1) is 13.5. The molecule has 1 aromatic carbocycles. The van der Waals surface area contributed by atoms with Gasteiger partial charge in [-0.05, 0) is 36.1 Å². The van der Waals surface area contributed by atoms with Gasteiger partial charge < -0.3 is 5.32 Å². The molecule has 1 aliphatic heterocycles. The van der Waals surface area contributed by atoms with Crippen LogP contribution >= 0.6 is 0 Å². The number of nitrogens with one attached hydrogen (secondary N) is 2. The minimum atomic E-state index is -3.40. The number of fused-ring (bicyclic) bond motifs is 1. The molecule has 18 heavy (non-hydrogen) atoms. The summed E-state index contributed by atoms with van der Waals surface area (Å²) in [6, 6.07) is 5.27. The lowest BCUT2D eigenvalue weighted by Crippen LogP contribution is -2.36. The summed E-state index contributed by atoms with van der Waals surface area (Å²) in [7, 11) is -3.40. The van der Waals surface area contributed by atoms with Crippen LogP contribution in [0.1, 0.15) is 31.9 Å². The van der Waals surface area contributed by atoms with Gasteiger partial charge in [0, 0.05) is 19.1 Å². The van der Waals surface area contributed by atoms with Crippen LogP contribution in [0.4, 0.5) is 0 Å². The number of sulfonamides is 1. The molecular weight excluding hydrogens is 248 g/mol. The molecule has 0 aliphatic carbocycles. The molecule has 0 saturated heterocycles. The standard InChI is InChI=1S/C13H20N2O2S/c1-9(2)10(3)15-18(16,17)13-5-4-11-7-14-8-12(11)6-13/h4-6,9-10,14-15H,7-8H2,1-3H3. The molecule has 1 atom stereocenters. The highest BCUT2D eigenvalue weighted by atomic mass is 32.2. The van der Waals surface area contributed by atoms with Crippen molar-refractivity contribution >= 4 is 10.0 Å². The predicted molar refractivity (Wildman–Crippen MR) is 71.6 cm³/mol. The molecule has 2 rings (SSSR count). The summed E-state index contributed by atoms with van der Waals surface area (Å²) in [5, 5.41) is 3.21. The Morgan fingerprint density at radius 2 is 1.83 bits per heavy atom. The van der Waals surface area contributed by atoms with Gasteiger partial charge in [-0.2, -0.15) is 0 Å². The third-order valence-electron chi connectivity index (χ3n) is 3.46. The minimum Gasteiger partial charge on any atom is -0.309 e. The molecule has 0 amide bonds. The zero-order valence-electron chi connectivity index (χ0n) is 11.0. The molecule has 0 aromatic heterocycles. The largest absolute Gasteiger partial charge is 0.309 e. The fourth-order valence-corrected chi connectivity index (χ4v) is 3.33. The fraction of sp³-hybridized carbons (Fsp3) is 0.538. The Balaban J connectivity index is 2.25. The average molecular weight is 268 g/mol. The Labute approximate surface area is 109 Å². The average Bonchev–Trinajstić information content (AvgIpc) is 2.74. The van der Waals surface area contributed by atoms with Crippen molar-refractivity contribution in [2.24, 2.45) is 5.92 Å². The van der Waals surface area contributed by atoms with Gasteiger partial charge in [0.15, 0.2) is 0 Å². The van der Waals surface area contributed by atoms with Crippen molar-refractivity contribution in [1.82, 2.24) is 10.0 Å². The van der Waals surface area contributed by atoms with Crippen LogP contribution in [0.5, 0.6) is 0 Å². The van der Waals surface area contributed by atoms with Crippen LogP contribution in [-0.2, 0) is 23.1 Å². The van der Waals surface area contributed by atoms with E-state index < -0.39 is 10.0 Å². The first-order valence-corrected chi connectivity index (χ1v) is 7.73. The van der Waals surface area contributed by atoms with Gasteiger partial charge >= 0.3 is 0 Å². The van der Waals surface area contributed by atoms with Crippen LogP contribution in [0.25, 0.3) is 0 Å². The van der Waals surface area contributed by atoms with E-state index in [4.69, 9.17) is 0 Å². The normalized spacial score (nSPS) is 16.9. The lowest BCUT2D eigenvalue weighted by molar-refractivity contribution is 0.476. The lowest BCUT2D eigenvalue weighted by atomic mass is 10.1. The van der Waals surface area contributed by atoms with Gasteiger partial charge in [-0.25, -0.2) is 13.1 Å². The molecule has 1 heterocycles. The van der Waals surface area contributed by atoms with Crippen LogP contribution < -0.4 is 10.0 Å². The number of hydrogen-bond donors (Lipinski definition) is 2. The van der Waals surface area contributed by atoms with Crippen LogP contribution in [0.15, 0.2) is 23.1 Å². The van der Waals surface area contributed by atoms with E-state index in [-0.39, 0.29) is 12.0 Å². The van der Waals surface area contributed by atoms with Crippen molar-refractivity contribution < 1.29 is 8.42 Å². The smallest absolute Gasteiger partial charge is 0.240 e. The molecule has 2 N–H and O–H groups in total. The van der Waals surface area contributed by atoms with Gasteiger partial charge in [0.05, 0.1) is 4.90 Å². The highest BCUT2D eigenvalue weighted by molar-refractivity contribution is 7.89. The van der Waals surface area contributed by atoms with Crippen LogP contribution in [0.2, 0.25) is 0 Å². The molecule has 0 bridgehead atoms. The van der Waals surface area contributed by atoms with Crippen molar-refractivity contribution in [2.45, 2.75) is 44.8 Å². The van der Waals surface area contributed by atoms with E-state index in [0.29, 0.717) is 4.90 Å². The Bertz CT molecular complexity index is 538. The zero-order chi connectivity index (χ0) is 13.3. The van der Waals surface area contributed by atoms with Crippen molar-refractivity contribution in [1.29, 1.82) is 0 Å². The summed E-state index contributed by atoms with van der Waals surface area (Å²) in [5.74, 6) is 0.274. The summed E-state index contributed by atoms with van der Waals surface area (Å²) in [5.41, 5.74) is 2.26. The van der Waals surface area contributed by atoms with Gasteiger partial charge in [-0.3, -0.25) is 0 Å². The molecule has 0 radical (unpaired) electrons. The SMILES string of the molecule is CC(C)C(C)NS(=O)(=O)c1ccc2c(c1)CNC2. The Morgan fingerprint density at radius 1 is 1.17 bits per heavy atom. The van der Waals surface area contributed by atoms with Gasteiger partial charge in [-0.1, -0.05) is 19.9 Å². The molecule has 1 unspecified atom stereocenters.